The monoisotopic (exact) mass is 393 g/mol. The topological polar surface area (TPSA) is 79.0 Å². The Hall–Kier alpha value is -3.35. The molecule has 2 aliphatic heterocycles. The molecule has 7 heteroatoms. The molecule has 2 aromatic rings. The molecule has 2 heterocycles. The van der Waals surface area contributed by atoms with Crippen LogP contribution in [-0.2, 0) is 11.3 Å². The second-order valence-electron chi connectivity index (χ2n) is 7.39. The molecular weight excluding hydrogens is 370 g/mol. The van der Waals surface area contributed by atoms with E-state index in [1.54, 1.807) is 41.2 Å². The van der Waals surface area contributed by atoms with E-state index in [1.165, 1.54) is 0 Å². The van der Waals surface area contributed by atoms with E-state index < -0.39 is 5.54 Å². The van der Waals surface area contributed by atoms with Crippen molar-refractivity contribution in [2.75, 3.05) is 20.2 Å². The summed E-state index contributed by atoms with van der Waals surface area (Å²) in [7, 11) is 1.56. The first kappa shape index (κ1) is 19.0. The van der Waals surface area contributed by atoms with Gasteiger partial charge in [-0.05, 0) is 36.6 Å². The molecule has 0 atom stereocenters. The number of nitrogens with zero attached hydrogens (tertiary/aromatic N) is 2. The third kappa shape index (κ3) is 3.44. The molecule has 4 amide bonds. The lowest BCUT2D eigenvalue weighted by atomic mass is 9.85. The summed E-state index contributed by atoms with van der Waals surface area (Å²) in [4.78, 5) is 41.4. The van der Waals surface area contributed by atoms with Gasteiger partial charge in [-0.25, -0.2) is 4.79 Å². The number of imide groups is 1. The van der Waals surface area contributed by atoms with E-state index in [0.717, 1.165) is 5.56 Å². The number of urea groups is 1. The van der Waals surface area contributed by atoms with E-state index >= 15 is 0 Å². The van der Waals surface area contributed by atoms with Crippen molar-refractivity contribution in [3.63, 3.8) is 0 Å². The third-order valence-corrected chi connectivity index (χ3v) is 5.78. The van der Waals surface area contributed by atoms with Gasteiger partial charge in [0.25, 0.3) is 11.8 Å². The van der Waals surface area contributed by atoms with Gasteiger partial charge in [0.05, 0.1) is 7.11 Å². The van der Waals surface area contributed by atoms with Crippen LogP contribution in [0, 0.1) is 0 Å². The average molecular weight is 393 g/mol. The number of rotatable bonds is 4. The highest BCUT2D eigenvalue weighted by Gasteiger charge is 2.54. The van der Waals surface area contributed by atoms with Gasteiger partial charge in [0, 0.05) is 25.2 Å². The first-order valence-corrected chi connectivity index (χ1v) is 9.64. The van der Waals surface area contributed by atoms with E-state index in [2.05, 4.69) is 5.32 Å². The van der Waals surface area contributed by atoms with Gasteiger partial charge < -0.3 is 14.5 Å². The van der Waals surface area contributed by atoms with Crippen LogP contribution in [0.1, 0.15) is 28.8 Å². The lowest BCUT2D eigenvalue weighted by Gasteiger charge is -2.42. The number of hydrogen-bond acceptors (Lipinski definition) is 4. The summed E-state index contributed by atoms with van der Waals surface area (Å²) in [5.74, 6) is 0.254. The van der Waals surface area contributed by atoms with Crippen molar-refractivity contribution in [1.29, 1.82) is 0 Å². The van der Waals surface area contributed by atoms with Crippen molar-refractivity contribution >= 4 is 17.8 Å². The van der Waals surface area contributed by atoms with Crippen LogP contribution < -0.4 is 10.1 Å². The molecule has 29 heavy (non-hydrogen) atoms. The van der Waals surface area contributed by atoms with Gasteiger partial charge in [-0.3, -0.25) is 14.9 Å². The lowest BCUT2D eigenvalue weighted by Crippen LogP contribution is -2.57. The normalized spacial score (nSPS) is 18.1. The predicted molar refractivity (Wildman–Crippen MR) is 106 cm³/mol. The minimum Gasteiger partial charge on any atom is -0.497 e. The minimum absolute atomic E-state index is 0.0990. The van der Waals surface area contributed by atoms with Crippen molar-refractivity contribution in [2.45, 2.75) is 24.9 Å². The zero-order valence-corrected chi connectivity index (χ0v) is 16.3. The summed E-state index contributed by atoms with van der Waals surface area (Å²) in [6, 6.07) is 16.3. The van der Waals surface area contributed by atoms with Gasteiger partial charge in [-0.2, -0.15) is 0 Å². The number of amides is 4. The molecule has 0 aromatic heterocycles. The molecule has 0 bridgehead atoms. The van der Waals surface area contributed by atoms with Crippen LogP contribution in [0.2, 0.25) is 0 Å². The molecule has 2 saturated heterocycles. The van der Waals surface area contributed by atoms with Crippen LogP contribution in [0.4, 0.5) is 4.79 Å². The van der Waals surface area contributed by atoms with E-state index in [1.807, 2.05) is 30.3 Å². The molecule has 1 spiro atoms. The average Bonchev–Trinajstić information content (AvgIpc) is 2.98. The van der Waals surface area contributed by atoms with Crippen LogP contribution >= 0.6 is 0 Å². The van der Waals surface area contributed by atoms with Gasteiger partial charge in [0.1, 0.15) is 11.3 Å². The number of carbonyl (C=O) groups excluding carboxylic acids is 3. The number of ether oxygens (including phenoxy) is 1. The summed E-state index contributed by atoms with van der Waals surface area (Å²) in [6.45, 7) is 1.17. The van der Waals surface area contributed by atoms with Gasteiger partial charge in [-0.15, -0.1) is 0 Å². The van der Waals surface area contributed by atoms with Gasteiger partial charge >= 0.3 is 6.03 Å². The molecule has 0 radical (unpaired) electrons. The zero-order chi connectivity index (χ0) is 20.4. The van der Waals surface area contributed by atoms with Crippen molar-refractivity contribution in [3.8, 4) is 5.75 Å². The minimum atomic E-state index is -0.905. The van der Waals surface area contributed by atoms with Crippen LogP contribution in [0.25, 0.3) is 0 Å². The Morgan fingerprint density at radius 2 is 1.79 bits per heavy atom. The van der Waals surface area contributed by atoms with Crippen LogP contribution in [0.15, 0.2) is 54.6 Å². The maximum Gasteiger partial charge on any atom is 0.325 e. The highest BCUT2D eigenvalue weighted by molar-refractivity contribution is 6.07. The second kappa shape index (κ2) is 7.58. The standard InChI is InChI=1S/C22H23N3O4/c1-29-18-9-5-8-17(14-18)19(26)24-12-10-22(11-13-24)20(27)23-21(28)25(22)15-16-6-3-2-4-7-16/h2-9,14H,10-13,15H2,1H3,(H,23,27,28). The fourth-order valence-corrected chi connectivity index (χ4v) is 4.10. The van der Waals surface area contributed by atoms with Gasteiger partial charge in [0.2, 0.25) is 0 Å². The molecule has 0 aliphatic carbocycles. The smallest absolute Gasteiger partial charge is 0.325 e. The number of likely N-dealkylation sites (tertiary alicyclic amines) is 1. The summed E-state index contributed by atoms with van der Waals surface area (Å²) in [5, 5.41) is 2.47. The molecule has 0 unspecified atom stereocenters. The Balaban J connectivity index is 1.50. The lowest BCUT2D eigenvalue weighted by molar-refractivity contribution is -0.129. The van der Waals surface area contributed by atoms with Crippen molar-refractivity contribution in [1.82, 2.24) is 15.1 Å². The highest BCUT2D eigenvalue weighted by atomic mass is 16.5. The van der Waals surface area contributed by atoms with Gasteiger partial charge in [-0.1, -0.05) is 36.4 Å². The first-order valence-electron chi connectivity index (χ1n) is 9.64. The first-order chi connectivity index (χ1) is 14.0. The summed E-state index contributed by atoms with van der Waals surface area (Å²) < 4.78 is 5.20. The van der Waals surface area contributed by atoms with Crippen molar-refractivity contribution < 1.29 is 19.1 Å². The van der Waals surface area contributed by atoms with E-state index in [4.69, 9.17) is 4.74 Å². The Morgan fingerprint density at radius 1 is 1.07 bits per heavy atom. The Morgan fingerprint density at radius 3 is 2.48 bits per heavy atom. The Labute approximate surface area is 169 Å². The number of hydrogen-bond donors (Lipinski definition) is 1. The number of carbonyl (C=O) groups is 3. The van der Waals surface area contributed by atoms with E-state index in [0.29, 0.717) is 43.8 Å². The molecule has 150 valence electrons. The highest BCUT2D eigenvalue weighted by Crippen LogP contribution is 2.35. The van der Waals surface area contributed by atoms with E-state index in [9.17, 15) is 14.4 Å². The Kier molecular flexibility index (Phi) is 4.96. The quantitative estimate of drug-likeness (QED) is 0.810. The predicted octanol–water partition coefficient (Wildman–Crippen LogP) is 2.42. The molecule has 2 aliphatic rings. The maximum absolute atomic E-state index is 12.9. The summed E-state index contributed by atoms with van der Waals surface area (Å²) in [6.07, 6.45) is 0.820. The fraction of sp³-hybridized carbons (Fsp3) is 0.318. The van der Waals surface area contributed by atoms with Gasteiger partial charge in [0.15, 0.2) is 0 Å². The molecule has 0 saturated carbocycles. The molecule has 7 nitrogen and oxygen atoms in total. The largest absolute Gasteiger partial charge is 0.497 e. The van der Waals surface area contributed by atoms with Crippen LogP contribution in [0.3, 0.4) is 0 Å². The molecule has 4 rings (SSSR count). The number of methoxy groups -OCH3 is 1. The molecule has 1 N–H and O–H groups in total. The molecular formula is C22H23N3O4. The number of nitrogens with one attached hydrogen (secondary N) is 1. The molecule has 2 fully saturated rings. The van der Waals surface area contributed by atoms with E-state index in [-0.39, 0.29) is 17.8 Å². The van der Waals surface area contributed by atoms with Crippen molar-refractivity contribution in [3.05, 3.63) is 65.7 Å². The SMILES string of the molecule is COc1cccc(C(=O)N2CCC3(CC2)C(=O)NC(=O)N3Cc2ccccc2)c1. The van der Waals surface area contributed by atoms with Crippen LogP contribution in [0.5, 0.6) is 5.75 Å². The fourth-order valence-electron chi connectivity index (χ4n) is 4.10. The Bertz CT molecular complexity index is 936. The van der Waals surface area contributed by atoms with Crippen LogP contribution in [-0.4, -0.2) is 53.4 Å². The third-order valence-electron chi connectivity index (χ3n) is 5.78. The maximum atomic E-state index is 12.9. The summed E-state index contributed by atoms with van der Waals surface area (Å²) >= 11 is 0. The number of piperidine rings is 1. The number of benzene rings is 2. The van der Waals surface area contributed by atoms with Crippen molar-refractivity contribution in [2.24, 2.45) is 0 Å². The second-order valence-corrected chi connectivity index (χ2v) is 7.39. The summed E-state index contributed by atoms with van der Waals surface area (Å²) in [5.41, 5.74) is 0.609. The molecule has 2 aromatic carbocycles. The zero-order valence-electron chi connectivity index (χ0n) is 16.3.